The van der Waals surface area contributed by atoms with Crippen LogP contribution in [0.4, 0.5) is 0 Å². The van der Waals surface area contributed by atoms with E-state index in [2.05, 4.69) is 52.8 Å². The van der Waals surface area contributed by atoms with Crippen LogP contribution >= 0.6 is 0 Å². The number of carbonyl (C=O) groups excluding carboxylic acids is 1. The molecule has 0 aliphatic carbocycles. The van der Waals surface area contributed by atoms with Gasteiger partial charge in [-0.15, -0.1) is 0 Å². The standard InChI is InChI=1S/C20H31N3O/c1-16(22-20(24)13-17-7-10-21-11-8-17)19-9-12-23(15-19)14-18-5-3-2-4-6-18/h2-6,16-17,19,21H,7-15H2,1H3,(H,22,24). The number of carbonyl (C=O) groups is 1. The van der Waals surface area contributed by atoms with Crippen LogP contribution in [0.1, 0.15) is 38.2 Å². The SMILES string of the molecule is CC(NC(=O)CC1CCNCC1)C1CCN(Cc2ccccc2)C1. The molecule has 4 nitrogen and oxygen atoms in total. The van der Waals surface area contributed by atoms with E-state index in [0.29, 0.717) is 18.3 Å². The number of nitrogens with zero attached hydrogens (tertiary/aromatic N) is 1. The second kappa shape index (κ2) is 8.63. The van der Waals surface area contributed by atoms with Crippen molar-refractivity contribution in [3.63, 3.8) is 0 Å². The van der Waals surface area contributed by atoms with Gasteiger partial charge in [-0.2, -0.15) is 0 Å². The molecule has 2 saturated heterocycles. The summed E-state index contributed by atoms with van der Waals surface area (Å²) < 4.78 is 0. The zero-order valence-electron chi connectivity index (χ0n) is 14.8. The highest BCUT2D eigenvalue weighted by molar-refractivity contribution is 5.76. The average molecular weight is 329 g/mol. The lowest BCUT2D eigenvalue weighted by Gasteiger charge is -2.25. The van der Waals surface area contributed by atoms with Crippen molar-refractivity contribution in [3.05, 3.63) is 35.9 Å². The van der Waals surface area contributed by atoms with E-state index in [1.165, 1.54) is 12.0 Å². The van der Waals surface area contributed by atoms with Crippen LogP contribution in [0, 0.1) is 11.8 Å². The molecule has 3 rings (SSSR count). The van der Waals surface area contributed by atoms with Crippen LogP contribution in [0.5, 0.6) is 0 Å². The van der Waals surface area contributed by atoms with Crippen LogP contribution in [-0.4, -0.2) is 43.0 Å². The van der Waals surface area contributed by atoms with E-state index < -0.39 is 0 Å². The molecule has 4 heteroatoms. The summed E-state index contributed by atoms with van der Waals surface area (Å²) in [6, 6.07) is 10.9. The summed E-state index contributed by atoms with van der Waals surface area (Å²) in [5.74, 6) is 1.39. The van der Waals surface area contributed by atoms with Crippen LogP contribution in [0.25, 0.3) is 0 Å². The molecule has 2 aliphatic heterocycles. The number of piperidine rings is 1. The Hall–Kier alpha value is -1.39. The van der Waals surface area contributed by atoms with Gasteiger partial charge in [-0.1, -0.05) is 30.3 Å². The monoisotopic (exact) mass is 329 g/mol. The topological polar surface area (TPSA) is 44.4 Å². The van der Waals surface area contributed by atoms with E-state index in [0.717, 1.165) is 45.6 Å². The van der Waals surface area contributed by atoms with E-state index in [9.17, 15) is 4.79 Å². The molecular formula is C20H31N3O. The molecule has 2 heterocycles. The Labute approximate surface area is 146 Å². The van der Waals surface area contributed by atoms with Crippen molar-refractivity contribution < 1.29 is 4.79 Å². The molecule has 0 radical (unpaired) electrons. The van der Waals surface area contributed by atoms with E-state index in [-0.39, 0.29) is 11.9 Å². The Kier molecular flexibility index (Phi) is 6.27. The summed E-state index contributed by atoms with van der Waals surface area (Å²) in [6.07, 6.45) is 4.15. The largest absolute Gasteiger partial charge is 0.353 e. The summed E-state index contributed by atoms with van der Waals surface area (Å²) in [4.78, 5) is 14.8. The second-order valence-electron chi connectivity index (χ2n) is 7.52. The van der Waals surface area contributed by atoms with Crippen molar-refractivity contribution in [2.24, 2.45) is 11.8 Å². The van der Waals surface area contributed by atoms with Crippen LogP contribution in [-0.2, 0) is 11.3 Å². The summed E-state index contributed by atoms with van der Waals surface area (Å²) >= 11 is 0. The fraction of sp³-hybridized carbons (Fsp3) is 0.650. The van der Waals surface area contributed by atoms with Gasteiger partial charge in [0.25, 0.3) is 0 Å². The third-order valence-corrected chi connectivity index (χ3v) is 5.59. The lowest BCUT2D eigenvalue weighted by molar-refractivity contribution is -0.123. The van der Waals surface area contributed by atoms with Gasteiger partial charge in [-0.3, -0.25) is 9.69 Å². The van der Waals surface area contributed by atoms with Crippen molar-refractivity contribution in [1.29, 1.82) is 0 Å². The van der Waals surface area contributed by atoms with Crippen molar-refractivity contribution in [2.45, 2.75) is 45.2 Å². The zero-order valence-corrected chi connectivity index (χ0v) is 14.8. The van der Waals surface area contributed by atoms with Crippen molar-refractivity contribution in [3.8, 4) is 0 Å². The van der Waals surface area contributed by atoms with Gasteiger partial charge in [-0.05, 0) is 63.2 Å². The highest BCUT2D eigenvalue weighted by atomic mass is 16.1. The van der Waals surface area contributed by atoms with Gasteiger partial charge in [0.15, 0.2) is 0 Å². The van der Waals surface area contributed by atoms with Crippen molar-refractivity contribution in [1.82, 2.24) is 15.5 Å². The van der Waals surface area contributed by atoms with Gasteiger partial charge in [0.05, 0.1) is 0 Å². The molecule has 2 unspecified atom stereocenters. The molecule has 1 aromatic carbocycles. The predicted molar refractivity (Wildman–Crippen MR) is 97.6 cm³/mol. The van der Waals surface area contributed by atoms with Gasteiger partial charge in [-0.25, -0.2) is 0 Å². The van der Waals surface area contributed by atoms with E-state index in [1.807, 2.05) is 0 Å². The highest BCUT2D eigenvalue weighted by Crippen LogP contribution is 2.22. The van der Waals surface area contributed by atoms with E-state index >= 15 is 0 Å². The molecule has 1 amide bonds. The number of likely N-dealkylation sites (tertiary alicyclic amines) is 1. The minimum atomic E-state index is 0.246. The third-order valence-electron chi connectivity index (χ3n) is 5.59. The number of hydrogen-bond acceptors (Lipinski definition) is 3. The minimum absolute atomic E-state index is 0.246. The van der Waals surface area contributed by atoms with Crippen molar-refractivity contribution >= 4 is 5.91 Å². The Balaban J connectivity index is 1.40. The number of nitrogens with one attached hydrogen (secondary N) is 2. The predicted octanol–water partition coefficient (Wildman–Crippen LogP) is 2.40. The van der Waals surface area contributed by atoms with E-state index in [4.69, 9.17) is 0 Å². The smallest absolute Gasteiger partial charge is 0.220 e. The van der Waals surface area contributed by atoms with Gasteiger partial charge < -0.3 is 10.6 Å². The van der Waals surface area contributed by atoms with Gasteiger partial charge >= 0.3 is 0 Å². The second-order valence-corrected chi connectivity index (χ2v) is 7.52. The first-order valence-corrected chi connectivity index (χ1v) is 9.47. The van der Waals surface area contributed by atoms with Crippen LogP contribution in [0.15, 0.2) is 30.3 Å². The molecule has 0 saturated carbocycles. The quantitative estimate of drug-likeness (QED) is 0.842. The molecule has 2 atom stereocenters. The Morgan fingerprint density at radius 1 is 1.25 bits per heavy atom. The molecule has 0 bridgehead atoms. The molecule has 1 aromatic rings. The Morgan fingerprint density at radius 3 is 2.75 bits per heavy atom. The fourth-order valence-corrected chi connectivity index (χ4v) is 4.03. The molecule has 24 heavy (non-hydrogen) atoms. The summed E-state index contributed by atoms with van der Waals surface area (Å²) in [7, 11) is 0. The van der Waals surface area contributed by atoms with Gasteiger partial charge in [0, 0.05) is 25.6 Å². The molecule has 2 aliphatic rings. The van der Waals surface area contributed by atoms with Crippen LogP contribution in [0.3, 0.4) is 0 Å². The summed E-state index contributed by atoms with van der Waals surface area (Å²) in [5.41, 5.74) is 1.38. The van der Waals surface area contributed by atoms with Gasteiger partial charge in [0.1, 0.15) is 0 Å². The fourth-order valence-electron chi connectivity index (χ4n) is 4.03. The van der Waals surface area contributed by atoms with Crippen LogP contribution in [0.2, 0.25) is 0 Å². The molecular weight excluding hydrogens is 298 g/mol. The minimum Gasteiger partial charge on any atom is -0.353 e. The average Bonchev–Trinajstić information content (AvgIpc) is 3.05. The third kappa shape index (κ3) is 5.05. The molecule has 2 fully saturated rings. The number of rotatable bonds is 6. The Bertz CT molecular complexity index is 513. The molecule has 2 N–H and O–H groups in total. The summed E-state index contributed by atoms with van der Waals surface area (Å²) in [6.45, 7) is 7.54. The maximum atomic E-state index is 12.3. The molecule has 132 valence electrons. The maximum absolute atomic E-state index is 12.3. The first kappa shape index (κ1) is 17.4. The zero-order chi connectivity index (χ0) is 16.8. The first-order chi connectivity index (χ1) is 11.7. The molecule has 0 aromatic heterocycles. The lowest BCUT2D eigenvalue weighted by atomic mass is 9.93. The normalized spacial score (nSPS) is 24.0. The van der Waals surface area contributed by atoms with E-state index in [1.54, 1.807) is 0 Å². The van der Waals surface area contributed by atoms with Gasteiger partial charge in [0.2, 0.25) is 5.91 Å². The number of benzene rings is 1. The molecule has 0 spiro atoms. The Morgan fingerprint density at radius 2 is 2.00 bits per heavy atom. The number of amides is 1. The van der Waals surface area contributed by atoms with Crippen LogP contribution < -0.4 is 10.6 Å². The first-order valence-electron chi connectivity index (χ1n) is 9.47. The maximum Gasteiger partial charge on any atom is 0.220 e. The summed E-state index contributed by atoms with van der Waals surface area (Å²) in [5, 5.41) is 6.63. The lowest BCUT2D eigenvalue weighted by Crippen LogP contribution is -2.40. The highest BCUT2D eigenvalue weighted by Gasteiger charge is 2.28. The van der Waals surface area contributed by atoms with Crippen molar-refractivity contribution in [2.75, 3.05) is 26.2 Å². The number of hydrogen-bond donors (Lipinski definition) is 2.